The molecular weight excluding hydrogens is 351 g/mol. The molecule has 2 amide bonds. The number of benzene rings is 2. The number of hydrogen-bond donors (Lipinski definition) is 2. The third kappa shape index (κ3) is 4.49. The lowest BCUT2D eigenvalue weighted by Gasteiger charge is -2.27. The van der Waals surface area contributed by atoms with Crippen molar-refractivity contribution < 1.29 is 13.9 Å². The second kappa shape index (κ2) is 8.45. The summed E-state index contributed by atoms with van der Waals surface area (Å²) in [5.41, 5.74) is 1.85. The Morgan fingerprint density at radius 2 is 2.08 bits per heavy atom. The molecule has 138 valence electrons. The number of ether oxygens (including phenoxy) is 1. The van der Waals surface area contributed by atoms with Gasteiger partial charge in [-0.25, -0.2) is 9.18 Å². The monoisotopic (exact) mass is 374 g/mol. The van der Waals surface area contributed by atoms with Crippen molar-refractivity contribution in [2.24, 2.45) is 0 Å². The predicted molar refractivity (Wildman–Crippen MR) is 102 cm³/mol. The maximum absolute atomic E-state index is 13.6. The van der Waals surface area contributed by atoms with E-state index in [2.05, 4.69) is 10.6 Å². The lowest BCUT2D eigenvalue weighted by molar-refractivity contribution is 0.233. The van der Waals surface area contributed by atoms with Gasteiger partial charge in [-0.2, -0.15) is 0 Å². The Kier molecular flexibility index (Phi) is 6.04. The Balaban J connectivity index is 1.61. The Labute approximate surface area is 157 Å². The van der Waals surface area contributed by atoms with Crippen molar-refractivity contribution in [1.29, 1.82) is 0 Å². The number of hydrogen-bond acceptors (Lipinski definition) is 3. The molecule has 0 saturated heterocycles. The van der Waals surface area contributed by atoms with Crippen molar-refractivity contribution in [3.63, 3.8) is 0 Å². The van der Waals surface area contributed by atoms with Gasteiger partial charge in [0, 0.05) is 10.6 Å². The van der Waals surface area contributed by atoms with Crippen molar-refractivity contribution in [3.8, 4) is 5.75 Å². The van der Waals surface area contributed by atoms with Crippen molar-refractivity contribution >= 4 is 17.8 Å². The molecule has 4 nitrogen and oxygen atoms in total. The van der Waals surface area contributed by atoms with Crippen LogP contribution in [0.4, 0.5) is 9.18 Å². The molecule has 0 aliphatic carbocycles. The minimum Gasteiger partial charge on any atom is -0.494 e. The summed E-state index contributed by atoms with van der Waals surface area (Å²) in [6, 6.07) is 11.9. The predicted octanol–water partition coefficient (Wildman–Crippen LogP) is 4.82. The molecule has 1 heterocycles. The van der Waals surface area contributed by atoms with Crippen LogP contribution in [0.25, 0.3) is 0 Å². The Hall–Kier alpha value is -2.21. The van der Waals surface area contributed by atoms with Crippen LogP contribution in [-0.2, 0) is 0 Å². The molecule has 26 heavy (non-hydrogen) atoms. The van der Waals surface area contributed by atoms with Crippen LogP contribution >= 0.6 is 11.8 Å². The van der Waals surface area contributed by atoms with Crippen molar-refractivity contribution in [3.05, 3.63) is 59.4 Å². The Morgan fingerprint density at radius 3 is 2.81 bits per heavy atom. The zero-order chi connectivity index (χ0) is 18.5. The van der Waals surface area contributed by atoms with Crippen molar-refractivity contribution in [2.75, 3.05) is 12.4 Å². The maximum Gasteiger partial charge on any atom is 0.315 e. The molecule has 0 bridgehead atoms. The zero-order valence-electron chi connectivity index (χ0n) is 14.9. The van der Waals surface area contributed by atoms with Gasteiger partial charge in [0.2, 0.25) is 0 Å². The summed E-state index contributed by atoms with van der Waals surface area (Å²) in [4.78, 5) is 13.4. The molecule has 2 aromatic rings. The molecule has 3 rings (SSSR count). The van der Waals surface area contributed by atoms with E-state index in [1.807, 2.05) is 38.1 Å². The summed E-state index contributed by atoms with van der Waals surface area (Å²) in [6.45, 7) is 4.49. The maximum atomic E-state index is 13.6. The smallest absolute Gasteiger partial charge is 0.315 e. The van der Waals surface area contributed by atoms with Crippen LogP contribution in [0, 0.1) is 5.82 Å². The van der Waals surface area contributed by atoms with Crippen LogP contribution in [0.2, 0.25) is 0 Å². The molecule has 2 aromatic carbocycles. The topological polar surface area (TPSA) is 50.4 Å². The standard InChI is InChI=1S/C20H23FN2O2S/c1-3-25-16-7-4-14(5-8-16)13(2)22-20(24)23-18-10-11-26-19-9-6-15(21)12-17(18)19/h4-9,12-13,18H,3,10-11H2,1-2H3,(H2,22,23,24)/t13-,18+/m1/s1. The fourth-order valence-electron chi connectivity index (χ4n) is 3.01. The zero-order valence-corrected chi connectivity index (χ0v) is 15.7. The molecule has 6 heteroatoms. The van der Waals surface area contributed by atoms with Crippen LogP contribution in [0.5, 0.6) is 5.75 Å². The van der Waals surface area contributed by atoms with Gasteiger partial charge in [0.05, 0.1) is 18.7 Å². The van der Waals surface area contributed by atoms with Crippen LogP contribution in [0.1, 0.15) is 43.5 Å². The third-order valence-corrected chi connectivity index (χ3v) is 5.48. The number of urea groups is 1. The van der Waals surface area contributed by atoms with E-state index in [0.717, 1.165) is 33.9 Å². The summed E-state index contributed by atoms with van der Waals surface area (Å²) in [5.74, 6) is 1.44. The quantitative estimate of drug-likeness (QED) is 0.789. The van der Waals surface area contributed by atoms with Crippen LogP contribution in [0.3, 0.4) is 0 Å². The number of nitrogens with one attached hydrogen (secondary N) is 2. The van der Waals surface area contributed by atoms with Gasteiger partial charge in [-0.3, -0.25) is 0 Å². The number of carbonyl (C=O) groups excluding carboxylic acids is 1. The van der Waals surface area contributed by atoms with E-state index in [0.29, 0.717) is 6.61 Å². The fraction of sp³-hybridized carbons (Fsp3) is 0.350. The highest BCUT2D eigenvalue weighted by Gasteiger charge is 2.23. The molecule has 0 fully saturated rings. The van der Waals surface area contributed by atoms with Gasteiger partial charge in [0.15, 0.2) is 0 Å². The van der Waals surface area contributed by atoms with Gasteiger partial charge in [0.25, 0.3) is 0 Å². The van der Waals surface area contributed by atoms with Crippen LogP contribution in [0.15, 0.2) is 47.4 Å². The van der Waals surface area contributed by atoms with Gasteiger partial charge < -0.3 is 15.4 Å². The Bertz CT molecular complexity index is 767. The normalized spacial score (nSPS) is 17.1. The third-order valence-electron chi connectivity index (χ3n) is 4.36. The highest BCUT2D eigenvalue weighted by molar-refractivity contribution is 7.99. The molecule has 2 N–H and O–H groups in total. The average molecular weight is 374 g/mol. The molecule has 1 aliphatic heterocycles. The van der Waals surface area contributed by atoms with Gasteiger partial charge in [-0.15, -0.1) is 11.8 Å². The molecule has 0 unspecified atom stereocenters. The van der Waals surface area contributed by atoms with E-state index >= 15 is 0 Å². The van der Waals surface area contributed by atoms with Crippen LogP contribution < -0.4 is 15.4 Å². The second-order valence-corrected chi connectivity index (χ2v) is 7.35. The lowest BCUT2D eigenvalue weighted by atomic mass is 10.0. The highest BCUT2D eigenvalue weighted by Crippen LogP contribution is 2.36. The summed E-state index contributed by atoms with van der Waals surface area (Å²) >= 11 is 1.69. The van der Waals surface area contributed by atoms with Crippen molar-refractivity contribution in [1.82, 2.24) is 10.6 Å². The molecule has 1 aliphatic rings. The number of amides is 2. The van der Waals surface area contributed by atoms with Crippen LogP contribution in [-0.4, -0.2) is 18.4 Å². The Morgan fingerprint density at radius 1 is 1.31 bits per heavy atom. The minimum absolute atomic E-state index is 0.143. The first-order valence-corrected chi connectivity index (χ1v) is 9.77. The first kappa shape index (κ1) is 18.6. The van der Waals surface area contributed by atoms with E-state index in [4.69, 9.17) is 4.74 Å². The van der Waals surface area contributed by atoms with E-state index in [1.54, 1.807) is 17.8 Å². The highest BCUT2D eigenvalue weighted by atomic mass is 32.2. The van der Waals surface area contributed by atoms with E-state index in [-0.39, 0.29) is 23.9 Å². The molecule has 0 radical (unpaired) electrons. The largest absolute Gasteiger partial charge is 0.494 e. The lowest BCUT2D eigenvalue weighted by Crippen LogP contribution is -2.40. The van der Waals surface area contributed by atoms with Gasteiger partial charge >= 0.3 is 6.03 Å². The van der Waals surface area contributed by atoms with Crippen molar-refractivity contribution in [2.45, 2.75) is 37.2 Å². The van der Waals surface area contributed by atoms with Gasteiger partial charge in [-0.05, 0) is 61.7 Å². The molecule has 0 aromatic heterocycles. The first-order valence-electron chi connectivity index (χ1n) is 8.79. The molecule has 2 atom stereocenters. The summed E-state index contributed by atoms with van der Waals surface area (Å²) in [7, 11) is 0. The molecular formula is C20H23FN2O2S. The SMILES string of the molecule is CCOc1ccc([C@@H](C)NC(=O)N[C@H]2CCSc3ccc(F)cc32)cc1. The first-order chi connectivity index (χ1) is 12.6. The number of carbonyl (C=O) groups is 1. The minimum atomic E-state index is -0.277. The van der Waals surface area contributed by atoms with Gasteiger partial charge in [-0.1, -0.05) is 12.1 Å². The number of fused-ring (bicyclic) bond motifs is 1. The number of thioether (sulfide) groups is 1. The van der Waals surface area contributed by atoms with E-state index in [1.165, 1.54) is 12.1 Å². The number of halogens is 1. The second-order valence-electron chi connectivity index (χ2n) is 6.21. The molecule has 0 spiro atoms. The summed E-state index contributed by atoms with van der Waals surface area (Å²) in [6.07, 6.45) is 0.784. The summed E-state index contributed by atoms with van der Waals surface area (Å²) in [5, 5.41) is 5.93. The molecule has 0 saturated carbocycles. The van der Waals surface area contributed by atoms with E-state index < -0.39 is 0 Å². The number of rotatable bonds is 5. The average Bonchev–Trinajstić information content (AvgIpc) is 2.63. The fourth-order valence-corrected chi connectivity index (χ4v) is 4.12. The van der Waals surface area contributed by atoms with Gasteiger partial charge in [0.1, 0.15) is 11.6 Å². The summed E-state index contributed by atoms with van der Waals surface area (Å²) < 4.78 is 19.0. The van der Waals surface area contributed by atoms with E-state index in [9.17, 15) is 9.18 Å².